The maximum Gasteiger partial charge on any atom is 0.337 e. The van der Waals surface area contributed by atoms with Crippen molar-refractivity contribution < 1.29 is 19.4 Å². The van der Waals surface area contributed by atoms with Crippen molar-refractivity contribution in [2.24, 2.45) is 0 Å². The molecule has 1 atom stereocenters. The second kappa shape index (κ2) is 8.91. The molecule has 0 radical (unpaired) electrons. The lowest BCUT2D eigenvalue weighted by atomic mass is 10.1. The molecule has 164 valence electrons. The molecule has 0 aliphatic rings. The Morgan fingerprint density at radius 3 is 2.38 bits per heavy atom. The number of para-hydroxylation sites is 1. The van der Waals surface area contributed by atoms with Crippen LogP contribution in [-0.4, -0.2) is 43.4 Å². The fourth-order valence-corrected chi connectivity index (χ4v) is 4.12. The van der Waals surface area contributed by atoms with Gasteiger partial charge in [0.25, 0.3) is 0 Å². The molecule has 0 bridgehead atoms. The summed E-state index contributed by atoms with van der Waals surface area (Å²) in [5.41, 5.74) is 2.60. The number of methoxy groups -OCH3 is 1. The molecule has 0 fully saturated rings. The highest BCUT2D eigenvalue weighted by Gasteiger charge is 2.24. The number of fused-ring (bicyclic) bond motifs is 1. The van der Waals surface area contributed by atoms with Crippen LogP contribution >= 0.6 is 24.4 Å². The fourth-order valence-electron chi connectivity index (χ4n) is 3.57. The molecule has 9 nitrogen and oxygen atoms in total. The number of carboxylic acid groups (broad SMARTS) is 1. The van der Waals surface area contributed by atoms with Gasteiger partial charge in [0.05, 0.1) is 5.69 Å². The Bertz CT molecular complexity index is 1390. The molecular formula is C21H19N5O4S2. The number of carboxylic acids is 1. The van der Waals surface area contributed by atoms with Crippen LogP contribution in [0.4, 0.5) is 5.69 Å². The van der Waals surface area contributed by atoms with E-state index in [1.807, 2.05) is 24.3 Å². The highest BCUT2D eigenvalue weighted by atomic mass is 32.1. The molecule has 0 saturated heterocycles. The number of ether oxygens (including phenoxy) is 1. The van der Waals surface area contributed by atoms with Gasteiger partial charge in [-0.05, 0) is 54.8 Å². The molecule has 1 unspecified atom stereocenters. The number of hydrogen-bond acceptors (Lipinski definition) is 5. The number of benzene rings is 2. The maximum atomic E-state index is 12.7. The number of anilines is 1. The van der Waals surface area contributed by atoms with E-state index in [-0.39, 0.29) is 12.5 Å². The summed E-state index contributed by atoms with van der Waals surface area (Å²) < 4.78 is 9.40. The van der Waals surface area contributed by atoms with Crippen molar-refractivity contribution in [1.29, 1.82) is 0 Å². The minimum absolute atomic E-state index is 0.00640. The van der Waals surface area contributed by atoms with Crippen LogP contribution in [0.2, 0.25) is 0 Å². The zero-order valence-electron chi connectivity index (χ0n) is 16.9. The summed E-state index contributed by atoms with van der Waals surface area (Å²) in [6, 6.07) is 14.4. The first-order chi connectivity index (χ1) is 15.4. The standard InChI is InChI=1S/C21H19N5O4S2/c1-30-18(19(28)29)15-10-25(16-5-3-2-4-14(15)16)11-17(27)22-12-6-8-13(9-7-12)26-20(31)23-24-21(26)32/h2-10,18H,11H2,1H3,(H,22,27)(H,23,31)(H,24,32)(H,28,29). The van der Waals surface area contributed by atoms with E-state index in [4.69, 9.17) is 29.2 Å². The van der Waals surface area contributed by atoms with E-state index in [0.29, 0.717) is 20.8 Å². The van der Waals surface area contributed by atoms with Gasteiger partial charge in [0.15, 0.2) is 15.6 Å². The summed E-state index contributed by atoms with van der Waals surface area (Å²) in [5, 5.41) is 18.6. The quantitative estimate of drug-likeness (QED) is 0.305. The number of rotatable bonds is 7. The van der Waals surface area contributed by atoms with Crippen LogP contribution in [0.1, 0.15) is 11.7 Å². The van der Waals surface area contributed by atoms with E-state index in [1.165, 1.54) is 7.11 Å². The van der Waals surface area contributed by atoms with Crippen molar-refractivity contribution in [2.45, 2.75) is 12.6 Å². The SMILES string of the molecule is COC(C(=O)O)c1cn(CC(=O)Nc2ccc(-n3c(=S)[nH][nH]c3=S)cc2)c2ccccc12. The second-order valence-electron chi connectivity index (χ2n) is 6.97. The molecule has 1 amide bonds. The topological polar surface area (TPSA) is 117 Å². The minimum Gasteiger partial charge on any atom is -0.479 e. The van der Waals surface area contributed by atoms with Crippen LogP contribution in [-0.2, 0) is 20.9 Å². The van der Waals surface area contributed by atoms with Crippen molar-refractivity contribution in [3.63, 3.8) is 0 Å². The normalized spacial score (nSPS) is 12.0. The molecule has 0 saturated carbocycles. The number of carbonyl (C=O) groups is 2. The molecule has 4 rings (SSSR count). The molecule has 0 spiro atoms. The summed E-state index contributed by atoms with van der Waals surface area (Å²) in [5.74, 6) is -1.35. The van der Waals surface area contributed by atoms with Crippen LogP contribution < -0.4 is 5.32 Å². The van der Waals surface area contributed by atoms with E-state index >= 15 is 0 Å². The van der Waals surface area contributed by atoms with Crippen LogP contribution in [0.15, 0.2) is 54.7 Å². The van der Waals surface area contributed by atoms with Crippen molar-refractivity contribution in [1.82, 2.24) is 19.3 Å². The largest absolute Gasteiger partial charge is 0.479 e. The summed E-state index contributed by atoms with van der Waals surface area (Å²) >= 11 is 10.4. The van der Waals surface area contributed by atoms with E-state index in [2.05, 4.69) is 15.5 Å². The molecule has 2 aromatic carbocycles. The number of nitrogens with one attached hydrogen (secondary N) is 3. The molecular weight excluding hydrogens is 450 g/mol. The Hall–Kier alpha value is -3.54. The third-order valence-corrected chi connectivity index (χ3v) is 5.54. The first-order valence-corrected chi connectivity index (χ1v) is 10.3. The average Bonchev–Trinajstić information content (AvgIpc) is 3.29. The molecule has 2 aromatic heterocycles. The lowest BCUT2D eigenvalue weighted by Crippen LogP contribution is -2.18. The van der Waals surface area contributed by atoms with Gasteiger partial charge >= 0.3 is 5.97 Å². The predicted molar refractivity (Wildman–Crippen MR) is 124 cm³/mol. The van der Waals surface area contributed by atoms with Gasteiger partial charge < -0.3 is 19.7 Å². The van der Waals surface area contributed by atoms with Gasteiger partial charge in [0.2, 0.25) is 5.91 Å². The first-order valence-electron chi connectivity index (χ1n) is 9.52. The molecule has 11 heteroatoms. The summed E-state index contributed by atoms with van der Waals surface area (Å²) in [4.78, 5) is 24.3. The van der Waals surface area contributed by atoms with Gasteiger partial charge in [0.1, 0.15) is 6.54 Å². The lowest BCUT2D eigenvalue weighted by molar-refractivity contribution is -0.148. The van der Waals surface area contributed by atoms with Crippen molar-refractivity contribution in [3.05, 3.63) is 69.8 Å². The third-order valence-electron chi connectivity index (χ3n) is 4.97. The maximum absolute atomic E-state index is 12.7. The van der Waals surface area contributed by atoms with Crippen LogP contribution in [0.3, 0.4) is 0 Å². The van der Waals surface area contributed by atoms with Gasteiger partial charge in [-0.15, -0.1) is 0 Å². The van der Waals surface area contributed by atoms with Gasteiger partial charge in [-0.3, -0.25) is 19.6 Å². The van der Waals surface area contributed by atoms with Crippen LogP contribution in [0.5, 0.6) is 0 Å². The highest BCUT2D eigenvalue weighted by molar-refractivity contribution is 7.72. The summed E-state index contributed by atoms with van der Waals surface area (Å²) in [6.45, 7) is 0.00640. The zero-order chi connectivity index (χ0) is 22.8. The first kappa shape index (κ1) is 21.7. The van der Waals surface area contributed by atoms with Crippen molar-refractivity contribution in [3.8, 4) is 5.69 Å². The van der Waals surface area contributed by atoms with Gasteiger partial charge in [-0.2, -0.15) is 0 Å². The smallest absolute Gasteiger partial charge is 0.337 e. The van der Waals surface area contributed by atoms with Gasteiger partial charge in [0, 0.05) is 35.5 Å². The fraction of sp³-hybridized carbons (Fsp3) is 0.143. The molecule has 4 aromatic rings. The number of carbonyl (C=O) groups excluding carboxylic acids is 1. The summed E-state index contributed by atoms with van der Waals surface area (Å²) in [7, 11) is 1.34. The Morgan fingerprint density at radius 2 is 1.75 bits per heavy atom. The van der Waals surface area contributed by atoms with Crippen LogP contribution in [0, 0.1) is 9.54 Å². The van der Waals surface area contributed by atoms with E-state index in [0.717, 1.165) is 16.6 Å². The minimum atomic E-state index is -1.12. The average molecular weight is 470 g/mol. The number of aromatic nitrogens is 4. The van der Waals surface area contributed by atoms with Gasteiger partial charge in [-0.25, -0.2) is 4.79 Å². The number of nitrogens with zero attached hydrogens (tertiary/aromatic N) is 2. The van der Waals surface area contributed by atoms with Gasteiger partial charge in [-0.1, -0.05) is 18.2 Å². The molecule has 4 N–H and O–H groups in total. The molecule has 32 heavy (non-hydrogen) atoms. The Kier molecular flexibility index (Phi) is 6.04. The third kappa shape index (κ3) is 4.13. The number of amides is 1. The van der Waals surface area contributed by atoms with Crippen LogP contribution in [0.25, 0.3) is 16.6 Å². The Balaban J connectivity index is 1.55. The summed E-state index contributed by atoms with van der Waals surface area (Å²) in [6.07, 6.45) is 0.522. The van der Waals surface area contributed by atoms with E-state index in [1.54, 1.807) is 39.6 Å². The zero-order valence-corrected chi connectivity index (χ0v) is 18.5. The lowest BCUT2D eigenvalue weighted by Gasteiger charge is -2.09. The van der Waals surface area contributed by atoms with Crippen molar-refractivity contribution in [2.75, 3.05) is 12.4 Å². The predicted octanol–water partition coefficient (Wildman–Crippen LogP) is 3.96. The monoisotopic (exact) mass is 469 g/mol. The van der Waals surface area contributed by atoms with E-state index in [9.17, 15) is 14.7 Å². The van der Waals surface area contributed by atoms with Crippen molar-refractivity contribution >= 4 is 52.9 Å². The highest BCUT2D eigenvalue weighted by Crippen LogP contribution is 2.28. The molecule has 0 aliphatic heterocycles. The number of hydrogen-bond donors (Lipinski definition) is 4. The molecule has 0 aliphatic carbocycles. The number of aliphatic carboxylic acids is 1. The molecule has 2 heterocycles. The van der Waals surface area contributed by atoms with E-state index < -0.39 is 12.1 Å². The number of aromatic amines is 2. The Morgan fingerprint density at radius 1 is 1.09 bits per heavy atom. The Labute approximate surface area is 192 Å². The number of H-pyrrole nitrogens is 2. The second-order valence-corrected chi connectivity index (χ2v) is 7.75.